The fourth-order valence-electron chi connectivity index (χ4n) is 5.25. The third-order valence-corrected chi connectivity index (χ3v) is 7.38. The zero-order chi connectivity index (χ0) is 24.0. The molecule has 35 heavy (non-hydrogen) atoms. The van der Waals surface area contributed by atoms with Crippen molar-refractivity contribution in [3.05, 3.63) is 60.3 Å². The van der Waals surface area contributed by atoms with E-state index in [1.807, 2.05) is 54.7 Å². The molecule has 0 radical (unpaired) electrons. The van der Waals surface area contributed by atoms with Gasteiger partial charge in [-0.15, -0.1) is 0 Å². The number of imidazole rings is 1. The highest BCUT2D eigenvalue weighted by atomic mass is 16.2. The van der Waals surface area contributed by atoms with Crippen LogP contribution in [0.4, 0.5) is 5.69 Å². The zero-order valence-corrected chi connectivity index (χ0v) is 20.2. The Labute approximate surface area is 206 Å². The molecule has 3 aromatic rings. The summed E-state index contributed by atoms with van der Waals surface area (Å²) in [6.07, 6.45) is 13.2. The van der Waals surface area contributed by atoms with Crippen LogP contribution >= 0.6 is 0 Å². The highest BCUT2D eigenvalue weighted by molar-refractivity contribution is 5.95. The minimum absolute atomic E-state index is 0.00409. The quantitative estimate of drug-likeness (QED) is 0.394. The summed E-state index contributed by atoms with van der Waals surface area (Å²) in [6, 6.07) is 15.8. The molecule has 6 heteroatoms. The number of anilines is 1. The molecule has 0 unspecified atom stereocenters. The highest BCUT2D eigenvalue weighted by Gasteiger charge is 2.21. The van der Waals surface area contributed by atoms with Gasteiger partial charge >= 0.3 is 0 Å². The van der Waals surface area contributed by atoms with E-state index in [4.69, 9.17) is 0 Å². The summed E-state index contributed by atoms with van der Waals surface area (Å²) >= 11 is 0. The van der Waals surface area contributed by atoms with Crippen LogP contribution in [0.1, 0.15) is 74.6 Å². The molecule has 2 saturated carbocycles. The van der Waals surface area contributed by atoms with Gasteiger partial charge in [-0.2, -0.15) is 0 Å². The number of amides is 2. The number of carbonyl (C=O) groups excluding carboxylic acids is 2. The maximum atomic E-state index is 12.6. The number of aromatic amines is 1. The Balaban J connectivity index is 1.20. The van der Waals surface area contributed by atoms with Crippen molar-refractivity contribution in [2.24, 2.45) is 5.92 Å². The molecule has 1 heterocycles. The molecule has 6 nitrogen and oxygen atoms in total. The van der Waals surface area contributed by atoms with Gasteiger partial charge in [-0.25, -0.2) is 4.98 Å². The van der Waals surface area contributed by atoms with Crippen molar-refractivity contribution in [2.45, 2.75) is 70.3 Å². The maximum absolute atomic E-state index is 12.6. The molecule has 0 bridgehead atoms. The van der Waals surface area contributed by atoms with Crippen molar-refractivity contribution in [1.82, 2.24) is 15.3 Å². The second kappa shape index (κ2) is 10.9. The van der Waals surface area contributed by atoms with E-state index in [2.05, 4.69) is 20.6 Å². The third kappa shape index (κ3) is 5.81. The van der Waals surface area contributed by atoms with Gasteiger partial charge < -0.3 is 15.6 Å². The molecule has 5 rings (SSSR count). The average molecular weight is 471 g/mol. The van der Waals surface area contributed by atoms with Gasteiger partial charge in [0.1, 0.15) is 5.82 Å². The summed E-state index contributed by atoms with van der Waals surface area (Å²) in [5.74, 6) is 1.04. The first-order chi connectivity index (χ1) is 17.2. The van der Waals surface area contributed by atoms with Crippen LogP contribution in [0.25, 0.3) is 22.6 Å². The van der Waals surface area contributed by atoms with Gasteiger partial charge in [0.25, 0.3) is 5.91 Å². The number of aromatic nitrogens is 2. The Hall–Kier alpha value is -3.41. The molecule has 3 N–H and O–H groups in total. The van der Waals surface area contributed by atoms with E-state index in [-0.39, 0.29) is 17.7 Å². The molecule has 2 aliphatic rings. The van der Waals surface area contributed by atoms with Crippen LogP contribution in [-0.4, -0.2) is 27.8 Å². The molecule has 2 fully saturated rings. The molecule has 2 amide bonds. The fraction of sp³-hybridized carbons (Fsp3) is 0.414. The Bertz CT molecular complexity index is 1140. The van der Waals surface area contributed by atoms with Gasteiger partial charge in [0, 0.05) is 28.8 Å². The Morgan fingerprint density at radius 1 is 0.771 bits per heavy atom. The standard InChI is InChI=1S/C29H34N4O2/c34-28(22-7-3-1-4-8-22)32-25-17-15-21(16-18-25)27-30-19-26(33-27)20-11-13-23(14-12-20)29(35)31-24-9-5-2-6-10-24/h11-19,22,24H,1-10H2,(H,30,33)(H,31,35)(H,32,34). The van der Waals surface area contributed by atoms with E-state index in [0.717, 1.165) is 66.9 Å². The van der Waals surface area contributed by atoms with E-state index >= 15 is 0 Å². The number of benzene rings is 2. The summed E-state index contributed by atoms with van der Waals surface area (Å²) in [5.41, 5.74) is 4.33. The van der Waals surface area contributed by atoms with Crippen LogP contribution in [0, 0.1) is 5.92 Å². The Morgan fingerprint density at radius 2 is 1.40 bits per heavy atom. The van der Waals surface area contributed by atoms with Crippen LogP contribution < -0.4 is 10.6 Å². The minimum Gasteiger partial charge on any atom is -0.349 e. The van der Waals surface area contributed by atoms with Crippen LogP contribution in [-0.2, 0) is 4.79 Å². The molecular formula is C29H34N4O2. The maximum Gasteiger partial charge on any atom is 0.251 e. The van der Waals surface area contributed by atoms with Gasteiger partial charge in [0.05, 0.1) is 11.9 Å². The van der Waals surface area contributed by atoms with E-state index < -0.39 is 0 Å². The van der Waals surface area contributed by atoms with Gasteiger partial charge in [0.15, 0.2) is 0 Å². The van der Waals surface area contributed by atoms with Crippen molar-refractivity contribution in [2.75, 3.05) is 5.32 Å². The lowest BCUT2D eigenvalue weighted by Crippen LogP contribution is -2.36. The van der Waals surface area contributed by atoms with Crippen molar-refractivity contribution in [1.29, 1.82) is 0 Å². The van der Waals surface area contributed by atoms with E-state index in [1.54, 1.807) is 0 Å². The van der Waals surface area contributed by atoms with Gasteiger partial charge in [-0.3, -0.25) is 9.59 Å². The van der Waals surface area contributed by atoms with Crippen LogP contribution in [0.15, 0.2) is 54.7 Å². The van der Waals surface area contributed by atoms with E-state index in [0.29, 0.717) is 11.6 Å². The minimum atomic E-state index is 0.00409. The molecular weight excluding hydrogens is 436 g/mol. The lowest BCUT2D eigenvalue weighted by Gasteiger charge is -2.22. The first-order valence-electron chi connectivity index (χ1n) is 13.0. The van der Waals surface area contributed by atoms with Crippen molar-refractivity contribution in [3.8, 4) is 22.6 Å². The number of nitrogens with one attached hydrogen (secondary N) is 3. The summed E-state index contributed by atoms with van der Waals surface area (Å²) in [7, 11) is 0. The Kier molecular flexibility index (Phi) is 7.26. The second-order valence-corrected chi connectivity index (χ2v) is 9.93. The van der Waals surface area contributed by atoms with Crippen LogP contribution in [0.5, 0.6) is 0 Å². The first-order valence-corrected chi connectivity index (χ1v) is 13.0. The predicted molar refractivity (Wildman–Crippen MR) is 139 cm³/mol. The number of nitrogens with zero attached hydrogens (tertiary/aromatic N) is 1. The molecule has 1 aromatic heterocycles. The molecule has 0 aliphatic heterocycles. The molecule has 0 spiro atoms. The number of hydrogen-bond acceptors (Lipinski definition) is 3. The van der Waals surface area contributed by atoms with Crippen molar-refractivity contribution >= 4 is 17.5 Å². The predicted octanol–water partition coefficient (Wildman–Crippen LogP) is 6.33. The molecule has 0 saturated heterocycles. The summed E-state index contributed by atoms with van der Waals surface area (Å²) in [6.45, 7) is 0. The van der Waals surface area contributed by atoms with E-state index in [1.165, 1.54) is 25.7 Å². The fourth-order valence-corrected chi connectivity index (χ4v) is 5.25. The summed E-state index contributed by atoms with van der Waals surface area (Å²) in [4.78, 5) is 33.0. The molecule has 0 atom stereocenters. The monoisotopic (exact) mass is 470 g/mol. The van der Waals surface area contributed by atoms with Gasteiger partial charge in [0.2, 0.25) is 5.91 Å². The van der Waals surface area contributed by atoms with E-state index in [9.17, 15) is 9.59 Å². The lowest BCUT2D eigenvalue weighted by molar-refractivity contribution is -0.120. The first kappa shape index (κ1) is 23.3. The number of hydrogen-bond donors (Lipinski definition) is 3. The average Bonchev–Trinajstić information content (AvgIpc) is 3.41. The zero-order valence-electron chi connectivity index (χ0n) is 20.2. The largest absolute Gasteiger partial charge is 0.349 e. The molecule has 2 aromatic carbocycles. The topological polar surface area (TPSA) is 86.9 Å². The third-order valence-electron chi connectivity index (χ3n) is 7.38. The summed E-state index contributed by atoms with van der Waals surface area (Å²) in [5, 5.41) is 6.23. The lowest BCUT2D eigenvalue weighted by atomic mass is 9.88. The van der Waals surface area contributed by atoms with Crippen molar-refractivity contribution < 1.29 is 9.59 Å². The Morgan fingerprint density at radius 3 is 2.09 bits per heavy atom. The number of rotatable bonds is 6. The van der Waals surface area contributed by atoms with Crippen LogP contribution in [0.3, 0.4) is 0 Å². The second-order valence-electron chi connectivity index (χ2n) is 9.93. The normalized spacial score (nSPS) is 17.1. The SMILES string of the molecule is O=C(NC1CCCCC1)c1ccc(-c2cnc(-c3ccc(NC(=O)C4CCCCC4)cc3)[nH]2)cc1. The summed E-state index contributed by atoms with van der Waals surface area (Å²) < 4.78 is 0. The molecule has 182 valence electrons. The van der Waals surface area contributed by atoms with Crippen LogP contribution in [0.2, 0.25) is 0 Å². The highest BCUT2D eigenvalue weighted by Crippen LogP contribution is 2.27. The smallest absolute Gasteiger partial charge is 0.251 e. The number of H-pyrrole nitrogens is 1. The number of carbonyl (C=O) groups is 2. The molecule has 2 aliphatic carbocycles. The van der Waals surface area contributed by atoms with Gasteiger partial charge in [-0.05, 0) is 67.6 Å². The van der Waals surface area contributed by atoms with Crippen molar-refractivity contribution in [3.63, 3.8) is 0 Å². The van der Waals surface area contributed by atoms with Gasteiger partial charge in [-0.1, -0.05) is 50.7 Å².